The fourth-order valence-corrected chi connectivity index (χ4v) is 3.67. The number of nitrogens with one attached hydrogen (secondary N) is 2. The van der Waals surface area contributed by atoms with Crippen LogP contribution in [0.1, 0.15) is 43.0 Å². The van der Waals surface area contributed by atoms with Crippen LogP contribution >= 0.6 is 24.0 Å². The van der Waals surface area contributed by atoms with E-state index in [2.05, 4.69) is 70.2 Å². The molecule has 0 aliphatic carbocycles. The zero-order valence-electron chi connectivity index (χ0n) is 18.3. The highest BCUT2D eigenvalue weighted by molar-refractivity contribution is 14.0. The number of hydrogen-bond donors (Lipinski definition) is 2. The summed E-state index contributed by atoms with van der Waals surface area (Å²) in [5.41, 5.74) is 1.22. The monoisotopic (exact) mass is 534 g/mol. The van der Waals surface area contributed by atoms with Gasteiger partial charge >= 0.3 is 0 Å². The summed E-state index contributed by atoms with van der Waals surface area (Å²) < 4.78 is 7.72. The van der Waals surface area contributed by atoms with E-state index in [4.69, 9.17) is 9.73 Å². The molecule has 2 unspecified atom stereocenters. The maximum atomic E-state index is 5.75. The second-order valence-corrected chi connectivity index (χ2v) is 7.88. The number of aromatic nitrogens is 3. The molecule has 7 nitrogen and oxygen atoms in total. The number of aryl methyl sites for hydroxylation is 1. The molecule has 1 aromatic heterocycles. The number of hydrogen-bond acceptors (Lipinski definition) is 4. The van der Waals surface area contributed by atoms with Crippen molar-refractivity contribution in [2.45, 2.75) is 45.4 Å². The van der Waals surface area contributed by atoms with Crippen molar-refractivity contribution in [2.24, 2.45) is 12.0 Å². The van der Waals surface area contributed by atoms with Gasteiger partial charge in [0.1, 0.15) is 12.4 Å². The highest BCUT2D eigenvalue weighted by atomic mass is 127. The van der Waals surface area contributed by atoms with Crippen LogP contribution in [0.2, 0.25) is 0 Å². The predicted octanol–water partition coefficient (Wildman–Crippen LogP) is 3.87. The van der Waals surface area contributed by atoms with E-state index in [0.717, 1.165) is 43.6 Å². The average molecular weight is 534 g/mol. The van der Waals surface area contributed by atoms with Crippen LogP contribution in [-0.4, -0.2) is 40.0 Å². The third-order valence-corrected chi connectivity index (χ3v) is 5.71. The zero-order chi connectivity index (χ0) is 20.9. The molecule has 0 radical (unpaired) electrons. The number of halogens is 1. The van der Waals surface area contributed by atoms with Gasteiger partial charge in [0.25, 0.3) is 0 Å². The van der Waals surface area contributed by atoms with Gasteiger partial charge in [-0.2, -0.15) is 0 Å². The van der Waals surface area contributed by atoms with E-state index in [0.29, 0.717) is 6.54 Å². The molecule has 8 heteroatoms. The van der Waals surface area contributed by atoms with E-state index >= 15 is 0 Å². The first-order valence-electron chi connectivity index (χ1n) is 10.6. The predicted molar refractivity (Wildman–Crippen MR) is 135 cm³/mol. The summed E-state index contributed by atoms with van der Waals surface area (Å²) in [4.78, 5) is 4.77. The van der Waals surface area contributed by atoms with Gasteiger partial charge in [0.05, 0.1) is 12.1 Å². The number of benzene rings is 2. The fraction of sp³-hybridized carbons (Fsp3) is 0.435. The van der Waals surface area contributed by atoms with Crippen LogP contribution in [0.4, 0.5) is 0 Å². The topological polar surface area (TPSA) is 76.4 Å². The number of nitrogens with zero attached hydrogens (tertiary/aromatic N) is 4. The lowest BCUT2D eigenvalue weighted by atomic mass is 10.0. The molecule has 2 aromatic carbocycles. The van der Waals surface area contributed by atoms with Gasteiger partial charge in [0.2, 0.25) is 0 Å². The molecular weight excluding hydrogens is 503 g/mol. The summed E-state index contributed by atoms with van der Waals surface area (Å²) in [7, 11) is 1.96. The summed E-state index contributed by atoms with van der Waals surface area (Å²) in [5.74, 6) is 2.47. The first kappa shape index (κ1) is 23.5. The molecule has 3 aromatic rings. The molecule has 4 rings (SSSR count). The quantitative estimate of drug-likeness (QED) is 0.285. The van der Waals surface area contributed by atoms with E-state index in [1.54, 1.807) is 0 Å². The Morgan fingerprint density at radius 3 is 2.74 bits per heavy atom. The fourth-order valence-electron chi connectivity index (χ4n) is 3.67. The highest BCUT2D eigenvalue weighted by Gasteiger charge is 2.17. The average Bonchev–Trinajstić information content (AvgIpc) is 3.40. The second-order valence-electron chi connectivity index (χ2n) is 7.88. The molecule has 166 valence electrons. The van der Waals surface area contributed by atoms with Crippen LogP contribution in [0, 0.1) is 6.92 Å². The minimum atomic E-state index is 0. The summed E-state index contributed by atoms with van der Waals surface area (Å²) in [6.45, 7) is 6.14. The number of aliphatic imine (C=N–C) groups is 1. The van der Waals surface area contributed by atoms with E-state index in [1.165, 1.54) is 16.3 Å². The summed E-state index contributed by atoms with van der Waals surface area (Å²) in [6.07, 6.45) is 2.45. The van der Waals surface area contributed by atoms with Crippen molar-refractivity contribution >= 4 is 40.7 Å². The number of ether oxygens (including phenoxy) is 1. The van der Waals surface area contributed by atoms with Crippen LogP contribution in [0.5, 0.6) is 0 Å². The van der Waals surface area contributed by atoms with E-state index < -0.39 is 0 Å². The number of fused-ring (bicyclic) bond motifs is 1. The molecular formula is C23H31IN6O. The minimum Gasteiger partial charge on any atom is -0.376 e. The van der Waals surface area contributed by atoms with E-state index in [9.17, 15) is 0 Å². The summed E-state index contributed by atoms with van der Waals surface area (Å²) in [5, 5.41) is 17.8. The number of rotatable bonds is 6. The maximum absolute atomic E-state index is 5.75. The SMILES string of the molecule is Cc1nnc(CN=C(NCC2CCCO2)NC(C)c2ccc3ccccc3c2)n1C.I. The van der Waals surface area contributed by atoms with Gasteiger partial charge in [0.15, 0.2) is 11.8 Å². The van der Waals surface area contributed by atoms with Gasteiger partial charge in [-0.1, -0.05) is 36.4 Å². The molecule has 1 aliphatic rings. The maximum Gasteiger partial charge on any atom is 0.192 e. The van der Waals surface area contributed by atoms with Gasteiger partial charge in [-0.25, -0.2) is 4.99 Å². The van der Waals surface area contributed by atoms with E-state index in [1.807, 2.05) is 18.5 Å². The third kappa shape index (κ3) is 5.94. The zero-order valence-corrected chi connectivity index (χ0v) is 20.7. The highest BCUT2D eigenvalue weighted by Crippen LogP contribution is 2.20. The molecule has 2 N–H and O–H groups in total. The Hall–Kier alpha value is -2.20. The molecule has 1 aliphatic heterocycles. The Morgan fingerprint density at radius 2 is 2.03 bits per heavy atom. The molecule has 2 atom stereocenters. The van der Waals surface area contributed by atoms with Crippen LogP contribution in [-0.2, 0) is 18.3 Å². The Labute approximate surface area is 200 Å². The van der Waals surface area contributed by atoms with Crippen LogP contribution in [0.3, 0.4) is 0 Å². The van der Waals surface area contributed by atoms with Gasteiger partial charge in [-0.05, 0) is 49.1 Å². The molecule has 0 spiro atoms. The van der Waals surface area contributed by atoms with Crippen molar-refractivity contribution in [3.63, 3.8) is 0 Å². The van der Waals surface area contributed by atoms with Crippen molar-refractivity contribution in [1.29, 1.82) is 0 Å². The molecule has 0 bridgehead atoms. The molecule has 1 fully saturated rings. The third-order valence-electron chi connectivity index (χ3n) is 5.71. The molecule has 1 saturated heterocycles. The lowest BCUT2D eigenvalue weighted by Crippen LogP contribution is -2.42. The van der Waals surface area contributed by atoms with Crippen molar-refractivity contribution in [1.82, 2.24) is 25.4 Å². The van der Waals surface area contributed by atoms with Gasteiger partial charge < -0.3 is 19.9 Å². The minimum absolute atomic E-state index is 0. The van der Waals surface area contributed by atoms with E-state index in [-0.39, 0.29) is 36.1 Å². The van der Waals surface area contributed by atoms with Gasteiger partial charge in [-0.15, -0.1) is 34.2 Å². The largest absolute Gasteiger partial charge is 0.376 e. The van der Waals surface area contributed by atoms with Crippen molar-refractivity contribution in [3.8, 4) is 0 Å². The second kappa shape index (κ2) is 10.9. The normalized spacial score (nSPS) is 17.4. The van der Waals surface area contributed by atoms with Crippen molar-refractivity contribution in [2.75, 3.05) is 13.2 Å². The first-order valence-corrected chi connectivity index (χ1v) is 10.6. The molecule has 31 heavy (non-hydrogen) atoms. The lowest BCUT2D eigenvalue weighted by molar-refractivity contribution is 0.113. The van der Waals surface area contributed by atoms with Gasteiger partial charge in [-0.3, -0.25) is 0 Å². The standard InChI is InChI=1S/C23H30N6O.HI/c1-16(19-11-10-18-7-4-5-8-20(18)13-19)26-23(24-14-21-9-6-12-30-21)25-15-22-28-27-17(2)29(22)3;/h4-5,7-8,10-11,13,16,21H,6,9,12,14-15H2,1-3H3,(H2,24,25,26);1H. The van der Waals surface area contributed by atoms with Crippen LogP contribution in [0.15, 0.2) is 47.5 Å². The Balaban J connectivity index is 0.00000272. The Bertz CT molecular complexity index is 1030. The van der Waals surface area contributed by atoms with Crippen LogP contribution in [0.25, 0.3) is 10.8 Å². The van der Waals surface area contributed by atoms with Gasteiger partial charge in [0, 0.05) is 20.2 Å². The summed E-state index contributed by atoms with van der Waals surface area (Å²) in [6, 6.07) is 15.1. The molecule has 0 amide bonds. The van der Waals surface area contributed by atoms with Crippen LogP contribution < -0.4 is 10.6 Å². The number of guanidine groups is 1. The summed E-state index contributed by atoms with van der Waals surface area (Å²) >= 11 is 0. The van der Waals surface area contributed by atoms with Crippen molar-refractivity contribution in [3.05, 3.63) is 59.7 Å². The Morgan fingerprint density at radius 1 is 1.23 bits per heavy atom. The Kier molecular flexibility index (Phi) is 8.25. The lowest BCUT2D eigenvalue weighted by Gasteiger charge is -2.20. The smallest absolute Gasteiger partial charge is 0.192 e. The first-order chi connectivity index (χ1) is 14.6. The van der Waals surface area contributed by atoms with Crippen molar-refractivity contribution < 1.29 is 4.74 Å². The molecule has 0 saturated carbocycles. The molecule has 2 heterocycles.